The van der Waals surface area contributed by atoms with Crippen molar-refractivity contribution in [1.82, 2.24) is 0 Å². The average molecular weight is 276 g/mol. The van der Waals surface area contributed by atoms with Gasteiger partial charge in [-0.1, -0.05) is 0 Å². The van der Waals surface area contributed by atoms with Gasteiger partial charge in [-0.15, -0.1) is 11.3 Å². The van der Waals surface area contributed by atoms with E-state index in [1.165, 1.54) is 11.3 Å². The van der Waals surface area contributed by atoms with Gasteiger partial charge in [-0.2, -0.15) is 0 Å². The second-order valence-electron chi connectivity index (χ2n) is 3.27. The third-order valence-electron chi connectivity index (χ3n) is 2.30. The molecular weight excluding hydrogens is 266 g/mol. The topological polar surface area (TPSA) is 52.3 Å². The summed E-state index contributed by atoms with van der Waals surface area (Å²) in [5, 5.41) is 1.89. The lowest BCUT2D eigenvalue weighted by Crippen LogP contribution is -2.33. The molecule has 76 valence electrons. The van der Waals surface area contributed by atoms with Crippen LogP contribution in [0.1, 0.15) is 9.67 Å². The summed E-state index contributed by atoms with van der Waals surface area (Å²) in [6.07, 6.45) is 0. The molecule has 5 heteroatoms. The normalized spacial score (nSPS) is 26.7. The zero-order valence-corrected chi connectivity index (χ0v) is 9.81. The molecule has 0 bridgehead atoms. The van der Waals surface area contributed by atoms with Crippen LogP contribution in [0.5, 0.6) is 0 Å². The number of nitrogens with two attached hydrogens (primary N) is 1. The molecule has 1 saturated heterocycles. The Labute approximate surface area is 94.4 Å². The van der Waals surface area contributed by atoms with Gasteiger partial charge in [-0.25, -0.2) is 0 Å². The van der Waals surface area contributed by atoms with Gasteiger partial charge in [-0.05, 0) is 27.4 Å². The summed E-state index contributed by atoms with van der Waals surface area (Å²) >= 11 is 4.78. The molecular formula is C9H10BrNO2S. The van der Waals surface area contributed by atoms with Crippen molar-refractivity contribution in [1.29, 1.82) is 0 Å². The van der Waals surface area contributed by atoms with E-state index in [0.717, 1.165) is 9.35 Å². The molecule has 1 fully saturated rings. The Balaban J connectivity index is 2.20. The van der Waals surface area contributed by atoms with Crippen LogP contribution in [-0.2, 0) is 4.74 Å². The van der Waals surface area contributed by atoms with Crippen molar-refractivity contribution in [3.8, 4) is 0 Å². The van der Waals surface area contributed by atoms with Gasteiger partial charge >= 0.3 is 0 Å². The van der Waals surface area contributed by atoms with Crippen molar-refractivity contribution in [3.05, 3.63) is 20.8 Å². The molecule has 1 aliphatic heterocycles. The molecule has 3 nitrogen and oxygen atoms in total. The maximum absolute atomic E-state index is 12.0. The quantitative estimate of drug-likeness (QED) is 0.836. The Morgan fingerprint density at radius 3 is 2.93 bits per heavy atom. The summed E-state index contributed by atoms with van der Waals surface area (Å²) in [7, 11) is 0. The van der Waals surface area contributed by atoms with Gasteiger partial charge in [0.15, 0.2) is 5.78 Å². The van der Waals surface area contributed by atoms with Crippen LogP contribution in [0.2, 0.25) is 0 Å². The number of Topliss-reactive ketones (excluding diaryl/α,β-unsaturated/α-hetero) is 1. The van der Waals surface area contributed by atoms with Crippen molar-refractivity contribution >= 4 is 33.0 Å². The van der Waals surface area contributed by atoms with Crippen LogP contribution in [0.25, 0.3) is 0 Å². The highest BCUT2D eigenvalue weighted by Crippen LogP contribution is 2.27. The summed E-state index contributed by atoms with van der Waals surface area (Å²) in [6.45, 7) is 0.934. The van der Waals surface area contributed by atoms with E-state index in [0.29, 0.717) is 13.2 Å². The molecule has 14 heavy (non-hydrogen) atoms. The summed E-state index contributed by atoms with van der Waals surface area (Å²) < 4.78 is 6.03. The zero-order valence-electron chi connectivity index (χ0n) is 7.40. The monoisotopic (exact) mass is 275 g/mol. The second-order valence-corrected chi connectivity index (χ2v) is 5.04. The van der Waals surface area contributed by atoms with Gasteiger partial charge < -0.3 is 10.5 Å². The standard InChI is InChI=1S/C9H10BrNO2S/c10-6-1-2-14-9(6)8(12)5-3-13-4-7(5)11/h1-2,5,7H,3-4,11H2. The number of hydrogen-bond donors (Lipinski definition) is 1. The van der Waals surface area contributed by atoms with Gasteiger partial charge in [0.2, 0.25) is 0 Å². The smallest absolute Gasteiger partial charge is 0.180 e. The van der Waals surface area contributed by atoms with Gasteiger partial charge in [0.25, 0.3) is 0 Å². The summed E-state index contributed by atoms with van der Waals surface area (Å²) in [5.41, 5.74) is 5.78. The van der Waals surface area contributed by atoms with Crippen molar-refractivity contribution in [3.63, 3.8) is 0 Å². The Kier molecular flexibility index (Phi) is 3.02. The average Bonchev–Trinajstić information content (AvgIpc) is 2.73. The van der Waals surface area contributed by atoms with E-state index < -0.39 is 0 Å². The van der Waals surface area contributed by atoms with Gasteiger partial charge in [0.05, 0.1) is 24.0 Å². The van der Waals surface area contributed by atoms with Crippen LogP contribution in [0, 0.1) is 5.92 Å². The predicted molar refractivity (Wildman–Crippen MR) is 58.6 cm³/mol. The fraction of sp³-hybridized carbons (Fsp3) is 0.444. The minimum absolute atomic E-state index is 0.0943. The predicted octanol–water partition coefficient (Wildman–Crippen LogP) is 1.67. The van der Waals surface area contributed by atoms with E-state index in [9.17, 15) is 4.79 Å². The third-order valence-corrected chi connectivity index (χ3v) is 4.15. The van der Waals surface area contributed by atoms with Crippen LogP contribution in [0.3, 0.4) is 0 Å². The van der Waals surface area contributed by atoms with E-state index in [2.05, 4.69) is 15.9 Å². The fourth-order valence-corrected chi connectivity index (χ4v) is 3.05. The molecule has 2 heterocycles. The molecule has 2 unspecified atom stereocenters. The number of carbonyl (C=O) groups is 1. The number of rotatable bonds is 2. The maximum atomic E-state index is 12.0. The van der Waals surface area contributed by atoms with Crippen molar-refractivity contribution in [2.45, 2.75) is 6.04 Å². The Morgan fingerprint density at radius 1 is 1.64 bits per heavy atom. The van der Waals surface area contributed by atoms with Gasteiger partial charge in [-0.3, -0.25) is 4.79 Å². The summed E-state index contributed by atoms with van der Waals surface area (Å²) in [4.78, 5) is 12.7. The molecule has 2 N–H and O–H groups in total. The Bertz CT molecular complexity index is 352. The molecule has 0 radical (unpaired) electrons. The van der Waals surface area contributed by atoms with Crippen LogP contribution < -0.4 is 5.73 Å². The lowest BCUT2D eigenvalue weighted by Gasteiger charge is -2.10. The lowest BCUT2D eigenvalue weighted by molar-refractivity contribution is 0.0899. The minimum Gasteiger partial charge on any atom is -0.379 e. The van der Waals surface area contributed by atoms with Crippen LogP contribution in [0.15, 0.2) is 15.9 Å². The summed E-state index contributed by atoms with van der Waals surface area (Å²) in [6, 6.07) is 1.72. The molecule has 1 aliphatic rings. The Hall–Kier alpha value is -0.230. The number of halogens is 1. The number of ketones is 1. The number of ether oxygens (including phenoxy) is 1. The van der Waals surface area contributed by atoms with E-state index in [1.807, 2.05) is 11.4 Å². The third kappa shape index (κ3) is 1.77. The first-order valence-corrected chi connectivity index (χ1v) is 5.98. The highest BCUT2D eigenvalue weighted by Gasteiger charge is 2.33. The zero-order chi connectivity index (χ0) is 10.1. The summed E-state index contributed by atoms with van der Waals surface area (Å²) in [5.74, 6) is -0.0816. The molecule has 1 aromatic heterocycles. The van der Waals surface area contributed by atoms with Gasteiger partial charge in [0, 0.05) is 10.5 Å². The van der Waals surface area contributed by atoms with Crippen molar-refractivity contribution in [2.24, 2.45) is 11.7 Å². The van der Waals surface area contributed by atoms with E-state index in [-0.39, 0.29) is 17.7 Å². The lowest BCUT2D eigenvalue weighted by atomic mass is 9.98. The second kappa shape index (κ2) is 4.10. The van der Waals surface area contributed by atoms with Crippen molar-refractivity contribution < 1.29 is 9.53 Å². The SMILES string of the molecule is NC1COCC1C(=O)c1sccc1Br. The molecule has 0 spiro atoms. The molecule has 0 saturated carbocycles. The first-order valence-electron chi connectivity index (χ1n) is 4.30. The Morgan fingerprint density at radius 2 is 2.43 bits per heavy atom. The van der Waals surface area contributed by atoms with E-state index in [4.69, 9.17) is 10.5 Å². The van der Waals surface area contributed by atoms with E-state index >= 15 is 0 Å². The molecule has 0 aliphatic carbocycles. The van der Waals surface area contributed by atoms with E-state index in [1.54, 1.807) is 0 Å². The molecule has 0 aromatic carbocycles. The number of hydrogen-bond acceptors (Lipinski definition) is 4. The minimum atomic E-state index is -0.176. The molecule has 2 atom stereocenters. The molecule has 0 amide bonds. The number of carbonyl (C=O) groups excluding carboxylic acids is 1. The molecule has 1 aromatic rings. The largest absolute Gasteiger partial charge is 0.379 e. The molecule has 2 rings (SSSR count). The highest BCUT2D eigenvalue weighted by molar-refractivity contribution is 9.10. The maximum Gasteiger partial charge on any atom is 0.180 e. The number of thiophene rings is 1. The van der Waals surface area contributed by atoms with Crippen molar-refractivity contribution in [2.75, 3.05) is 13.2 Å². The van der Waals surface area contributed by atoms with Crippen LogP contribution in [0.4, 0.5) is 0 Å². The fourth-order valence-electron chi connectivity index (χ4n) is 1.48. The van der Waals surface area contributed by atoms with Crippen LogP contribution >= 0.6 is 27.3 Å². The van der Waals surface area contributed by atoms with Gasteiger partial charge in [0.1, 0.15) is 0 Å². The first-order chi connectivity index (χ1) is 6.70. The highest BCUT2D eigenvalue weighted by atomic mass is 79.9. The van der Waals surface area contributed by atoms with Crippen LogP contribution in [-0.4, -0.2) is 25.0 Å². The first kappa shape index (κ1) is 10.3.